The Kier molecular flexibility index (Phi) is 3.23. The van der Waals surface area contributed by atoms with Crippen molar-refractivity contribution in [3.8, 4) is 10.1 Å². The third kappa shape index (κ3) is 2.42. The van der Waals surface area contributed by atoms with Crippen molar-refractivity contribution in [1.29, 1.82) is 0 Å². The highest BCUT2D eigenvalue weighted by Crippen LogP contribution is 2.30. The smallest absolute Gasteiger partial charge is 0.177 e. The van der Waals surface area contributed by atoms with E-state index in [4.69, 9.17) is 9.47 Å². The monoisotopic (exact) mass is 172 g/mol. The molecule has 0 amide bonds. The lowest BCUT2D eigenvalue weighted by Crippen LogP contribution is -1.87. The van der Waals surface area contributed by atoms with Gasteiger partial charge in [0.05, 0.1) is 13.2 Å². The van der Waals surface area contributed by atoms with Gasteiger partial charge >= 0.3 is 0 Å². The molecular weight excluding hydrogens is 160 g/mol. The van der Waals surface area contributed by atoms with Crippen molar-refractivity contribution < 1.29 is 9.47 Å². The zero-order valence-electron chi connectivity index (χ0n) is 6.79. The van der Waals surface area contributed by atoms with Gasteiger partial charge in [0, 0.05) is 0 Å². The Labute approximate surface area is 70.8 Å². The summed E-state index contributed by atoms with van der Waals surface area (Å²) in [4.78, 5) is 0. The molecule has 0 radical (unpaired) electrons. The molecular formula is C8H12O2S. The van der Waals surface area contributed by atoms with Crippen LogP contribution in [-0.4, -0.2) is 13.2 Å². The number of hydrogen-bond acceptors (Lipinski definition) is 3. The van der Waals surface area contributed by atoms with E-state index in [1.165, 1.54) is 11.3 Å². The summed E-state index contributed by atoms with van der Waals surface area (Å²) in [5, 5.41) is 1.85. The van der Waals surface area contributed by atoms with Crippen LogP contribution < -0.4 is 9.47 Å². The van der Waals surface area contributed by atoms with Gasteiger partial charge < -0.3 is 9.47 Å². The summed E-state index contributed by atoms with van der Waals surface area (Å²) in [5.41, 5.74) is 0. The van der Waals surface area contributed by atoms with Gasteiger partial charge in [0.1, 0.15) is 0 Å². The van der Waals surface area contributed by atoms with Gasteiger partial charge in [-0.15, -0.1) is 0 Å². The summed E-state index contributed by atoms with van der Waals surface area (Å²) in [5.74, 6) is 0. The van der Waals surface area contributed by atoms with Crippen molar-refractivity contribution in [2.45, 2.75) is 13.8 Å². The third-order valence-corrected chi connectivity index (χ3v) is 2.04. The van der Waals surface area contributed by atoms with Crippen molar-refractivity contribution in [1.82, 2.24) is 0 Å². The SMILES string of the molecule is CCOc1ccc(OCC)s1. The van der Waals surface area contributed by atoms with Gasteiger partial charge in [-0.2, -0.15) is 0 Å². The molecule has 3 heteroatoms. The molecule has 0 aliphatic heterocycles. The van der Waals surface area contributed by atoms with Crippen molar-refractivity contribution >= 4 is 11.3 Å². The Hall–Kier alpha value is -0.700. The van der Waals surface area contributed by atoms with Gasteiger partial charge in [-0.05, 0) is 26.0 Å². The molecule has 0 atom stereocenters. The first-order valence-electron chi connectivity index (χ1n) is 3.72. The molecule has 0 unspecified atom stereocenters. The molecule has 0 N–H and O–H groups in total. The molecule has 1 aromatic heterocycles. The third-order valence-electron chi connectivity index (χ3n) is 1.13. The lowest BCUT2D eigenvalue weighted by molar-refractivity contribution is 0.348. The van der Waals surface area contributed by atoms with Crippen molar-refractivity contribution in [2.75, 3.05) is 13.2 Å². The molecule has 2 nitrogen and oxygen atoms in total. The Morgan fingerprint density at radius 2 is 1.55 bits per heavy atom. The van der Waals surface area contributed by atoms with Crippen LogP contribution in [0.2, 0.25) is 0 Å². The Morgan fingerprint density at radius 1 is 1.09 bits per heavy atom. The minimum absolute atomic E-state index is 0.714. The van der Waals surface area contributed by atoms with E-state index >= 15 is 0 Å². The van der Waals surface area contributed by atoms with Crippen LogP contribution in [0, 0.1) is 0 Å². The van der Waals surface area contributed by atoms with E-state index in [0.29, 0.717) is 13.2 Å². The second-order valence-electron chi connectivity index (χ2n) is 1.94. The van der Waals surface area contributed by atoms with E-state index in [2.05, 4.69) is 0 Å². The van der Waals surface area contributed by atoms with Crippen molar-refractivity contribution in [3.63, 3.8) is 0 Å². The fraction of sp³-hybridized carbons (Fsp3) is 0.500. The average molecular weight is 172 g/mol. The minimum Gasteiger partial charge on any atom is -0.484 e. The Balaban J connectivity index is 2.51. The standard InChI is InChI=1S/C8H12O2S/c1-3-9-7-5-6-8(11-7)10-4-2/h5-6H,3-4H2,1-2H3. The Morgan fingerprint density at radius 3 is 1.91 bits per heavy atom. The molecule has 0 aliphatic carbocycles. The predicted molar refractivity (Wildman–Crippen MR) is 46.7 cm³/mol. The molecule has 0 aliphatic rings. The molecule has 11 heavy (non-hydrogen) atoms. The van der Waals surface area contributed by atoms with Crippen LogP contribution in [0.1, 0.15) is 13.8 Å². The molecule has 0 saturated heterocycles. The maximum atomic E-state index is 5.27. The normalized spacial score (nSPS) is 9.64. The fourth-order valence-electron chi connectivity index (χ4n) is 0.743. The fourth-order valence-corrected chi connectivity index (χ4v) is 1.57. The van der Waals surface area contributed by atoms with E-state index < -0.39 is 0 Å². The van der Waals surface area contributed by atoms with Crippen LogP contribution in [0.4, 0.5) is 0 Å². The molecule has 1 aromatic rings. The molecule has 0 fully saturated rings. The molecule has 1 rings (SSSR count). The van der Waals surface area contributed by atoms with Crippen LogP contribution in [0.15, 0.2) is 12.1 Å². The van der Waals surface area contributed by atoms with Crippen LogP contribution >= 0.6 is 11.3 Å². The lowest BCUT2D eigenvalue weighted by Gasteiger charge is -1.97. The summed E-state index contributed by atoms with van der Waals surface area (Å²) in [6.07, 6.45) is 0. The van der Waals surface area contributed by atoms with Gasteiger partial charge in [0.25, 0.3) is 0 Å². The highest BCUT2D eigenvalue weighted by Gasteiger charge is 1.98. The Bertz CT molecular complexity index is 187. The molecule has 1 heterocycles. The highest BCUT2D eigenvalue weighted by atomic mass is 32.1. The number of hydrogen-bond donors (Lipinski definition) is 0. The molecule has 0 bridgehead atoms. The van der Waals surface area contributed by atoms with Crippen LogP contribution in [-0.2, 0) is 0 Å². The molecule has 0 spiro atoms. The number of thiophene rings is 1. The van der Waals surface area contributed by atoms with Gasteiger partial charge in [-0.25, -0.2) is 0 Å². The average Bonchev–Trinajstić information content (AvgIpc) is 2.38. The van der Waals surface area contributed by atoms with Gasteiger partial charge in [0.2, 0.25) is 0 Å². The molecule has 0 saturated carbocycles. The quantitative estimate of drug-likeness (QED) is 0.695. The van der Waals surface area contributed by atoms with Gasteiger partial charge in [-0.3, -0.25) is 0 Å². The largest absolute Gasteiger partial charge is 0.484 e. The zero-order valence-corrected chi connectivity index (χ0v) is 7.61. The lowest BCUT2D eigenvalue weighted by atomic mass is 10.6. The zero-order chi connectivity index (χ0) is 8.10. The maximum absolute atomic E-state index is 5.27. The minimum atomic E-state index is 0.714. The maximum Gasteiger partial charge on any atom is 0.177 e. The number of ether oxygens (including phenoxy) is 2. The van der Waals surface area contributed by atoms with Crippen LogP contribution in [0.25, 0.3) is 0 Å². The predicted octanol–water partition coefficient (Wildman–Crippen LogP) is 2.55. The number of rotatable bonds is 4. The first-order chi connectivity index (χ1) is 5.36. The summed E-state index contributed by atoms with van der Waals surface area (Å²) in [6, 6.07) is 3.86. The molecule has 0 aromatic carbocycles. The summed E-state index contributed by atoms with van der Waals surface area (Å²) >= 11 is 1.54. The first kappa shape index (κ1) is 8.40. The van der Waals surface area contributed by atoms with E-state index in [1.54, 1.807) is 0 Å². The first-order valence-corrected chi connectivity index (χ1v) is 4.54. The van der Waals surface area contributed by atoms with Gasteiger partial charge in [0.15, 0.2) is 10.1 Å². The van der Waals surface area contributed by atoms with Crippen LogP contribution in [0.5, 0.6) is 10.1 Å². The van der Waals surface area contributed by atoms with Gasteiger partial charge in [-0.1, -0.05) is 11.3 Å². The van der Waals surface area contributed by atoms with E-state index in [9.17, 15) is 0 Å². The van der Waals surface area contributed by atoms with E-state index in [-0.39, 0.29) is 0 Å². The summed E-state index contributed by atoms with van der Waals surface area (Å²) < 4.78 is 10.5. The topological polar surface area (TPSA) is 18.5 Å². The van der Waals surface area contributed by atoms with Crippen molar-refractivity contribution in [3.05, 3.63) is 12.1 Å². The van der Waals surface area contributed by atoms with Crippen LogP contribution in [0.3, 0.4) is 0 Å². The van der Waals surface area contributed by atoms with Crippen molar-refractivity contribution in [2.24, 2.45) is 0 Å². The summed E-state index contributed by atoms with van der Waals surface area (Å²) in [6.45, 7) is 5.37. The van der Waals surface area contributed by atoms with E-state index in [1.807, 2.05) is 26.0 Å². The highest BCUT2D eigenvalue weighted by molar-refractivity contribution is 7.15. The van der Waals surface area contributed by atoms with E-state index in [0.717, 1.165) is 10.1 Å². The second kappa shape index (κ2) is 4.23. The molecule has 62 valence electrons. The second-order valence-corrected chi connectivity index (χ2v) is 2.95. The summed E-state index contributed by atoms with van der Waals surface area (Å²) in [7, 11) is 0.